The predicted molar refractivity (Wildman–Crippen MR) is 113 cm³/mol. The van der Waals surface area contributed by atoms with Crippen molar-refractivity contribution >= 4 is 11.8 Å². The number of ether oxygens (including phenoxy) is 3. The van der Waals surface area contributed by atoms with Crippen molar-refractivity contribution in [3.05, 3.63) is 59.7 Å². The van der Waals surface area contributed by atoms with Crippen molar-refractivity contribution in [2.45, 2.75) is 44.2 Å². The first-order valence-electron chi connectivity index (χ1n) is 10.8. The van der Waals surface area contributed by atoms with Crippen LogP contribution in [-0.2, 0) is 4.74 Å². The highest BCUT2D eigenvalue weighted by Gasteiger charge is 2.37. The zero-order valence-electron chi connectivity index (χ0n) is 18.6. The third-order valence-electron chi connectivity index (χ3n) is 5.05. The quantitative estimate of drug-likeness (QED) is 0.257. The fraction of sp³-hybridized carbons (Fsp3) is 0.391. The number of rotatable bonds is 11. The minimum absolute atomic E-state index is 0.0172. The molecule has 2 atom stereocenters. The minimum atomic E-state index is -4.80. The second-order valence-electron chi connectivity index (χ2n) is 7.80. The summed E-state index contributed by atoms with van der Waals surface area (Å²) in [4.78, 5) is 24.1. The van der Waals surface area contributed by atoms with E-state index in [4.69, 9.17) is 4.74 Å². The van der Waals surface area contributed by atoms with Gasteiger partial charge in [0, 0.05) is 24.2 Å². The number of alkyl halides is 6. The summed E-state index contributed by atoms with van der Waals surface area (Å²) in [6.07, 6.45) is -7.85. The number of carbonyl (C=O) groups is 2. The Labute approximate surface area is 201 Å². The molecule has 1 heterocycles. The van der Waals surface area contributed by atoms with Crippen molar-refractivity contribution in [1.29, 1.82) is 0 Å². The molecule has 0 spiro atoms. The van der Waals surface area contributed by atoms with Crippen LogP contribution in [0.2, 0.25) is 0 Å². The number of amides is 2. The Morgan fingerprint density at radius 2 is 1.11 bits per heavy atom. The monoisotopic (exact) mass is 520 g/mol. The van der Waals surface area contributed by atoms with Crippen molar-refractivity contribution in [2.75, 3.05) is 13.1 Å². The van der Waals surface area contributed by atoms with Gasteiger partial charge in [-0.2, -0.15) is 0 Å². The Balaban J connectivity index is 1.27. The lowest BCUT2D eigenvalue weighted by Crippen LogP contribution is -2.26. The van der Waals surface area contributed by atoms with Gasteiger partial charge >= 0.3 is 12.7 Å². The zero-order chi connectivity index (χ0) is 26.3. The van der Waals surface area contributed by atoms with Gasteiger partial charge in [0.25, 0.3) is 11.8 Å². The molecule has 2 unspecified atom stereocenters. The number of epoxide rings is 1. The normalized spacial score (nSPS) is 17.3. The summed E-state index contributed by atoms with van der Waals surface area (Å²) in [6.45, 7) is 0.655. The van der Waals surface area contributed by atoms with Crippen LogP contribution in [0.5, 0.6) is 11.5 Å². The Kier molecular flexibility index (Phi) is 8.66. The van der Waals surface area contributed by atoms with E-state index in [1.54, 1.807) is 0 Å². The molecule has 2 aromatic carbocycles. The Morgan fingerprint density at radius 3 is 1.56 bits per heavy atom. The standard InChI is InChI=1S/C23H22F6N2O5/c24-22(25,26)35-16-7-3-14(4-8-16)20(32)30-12-1-2-18-19(34-18)11-13-31-21(33)15-5-9-17(10-6-15)36-23(27,28)29/h3-10,18-19H,1-2,11-13H2,(H,30,32)(H,31,33). The van der Waals surface area contributed by atoms with E-state index in [0.717, 1.165) is 24.3 Å². The summed E-state index contributed by atoms with van der Waals surface area (Å²) in [5.74, 6) is -1.70. The van der Waals surface area contributed by atoms with Gasteiger partial charge in [0.1, 0.15) is 11.5 Å². The lowest BCUT2D eigenvalue weighted by Gasteiger charge is -2.09. The highest BCUT2D eigenvalue weighted by atomic mass is 19.4. The molecule has 0 aromatic heterocycles. The first kappa shape index (κ1) is 27.1. The van der Waals surface area contributed by atoms with Crippen molar-refractivity contribution in [3.8, 4) is 11.5 Å². The molecule has 1 aliphatic heterocycles. The van der Waals surface area contributed by atoms with Crippen LogP contribution >= 0.6 is 0 Å². The molecule has 1 saturated heterocycles. The van der Waals surface area contributed by atoms with Crippen LogP contribution in [0, 0.1) is 0 Å². The van der Waals surface area contributed by atoms with E-state index in [1.807, 2.05) is 0 Å². The van der Waals surface area contributed by atoms with Gasteiger partial charge in [-0.1, -0.05) is 0 Å². The van der Waals surface area contributed by atoms with Crippen LogP contribution in [0.25, 0.3) is 0 Å². The molecular weight excluding hydrogens is 498 g/mol. The number of carbonyl (C=O) groups excluding carboxylic acids is 2. The maximum atomic E-state index is 12.2. The molecular formula is C23H22F6N2O5. The molecule has 2 amide bonds. The lowest BCUT2D eigenvalue weighted by molar-refractivity contribution is -0.275. The van der Waals surface area contributed by atoms with Crippen LogP contribution < -0.4 is 20.1 Å². The average molecular weight is 520 g/mol. The van der Waals surface area contributed by atoms with E-state index in [-0.39, 0.29) is 23.3 Å². The highest BCUT2D eigenvalue weighted by molar-refractivity contribution is 5.94. The molecule has 2 aromatic rings. The van der Waals surface area contributed by atoms with E-state index < -0.39 is 36.0 Å². The number of halogens is 6. The van der Waals surface area contributed by atoms with Crippen molar-refractivity contribution in [1.82, 2.24) is 10.6 Å². The van der Waals surface area contributed by atoms with Crippen molar-refractivity contribution in [3.63, 3.8) is 0 Å². The topological polar surface area (TPSA) is 89.2 Å². The van der Waals surface area contributed by atoms with Crippen LogP contribution in [-0.4, -0.2) is 49.8 Å². The van der Waals surface area contributed by atoms with Gasteiger partial charge in [0.15, 0.2) is 0 Å². The number of benzene rings is 2. The molecule has 0 bridgehead atoms. The smallest absolute Gasteiger partial charge is 0.406 e. The largest absolute Gasteiger partial charge is 0.573 e. The van der Waals surface area contributed by atoms with Crippen LogP contribution in [0.1, 0.15) is 40.0 Å². The minimum Gasteiger partial charge on any atom is -0.406 e. The van der Waals surface area contributed by atoms with E-state index in [9.17, 15) is 35.9 Å². The molecule has 2 N–H and O–H groups in total. The molecule has 1 aliphatic rings. The summed E-state index contributed by atoms with van der Waals surface area (Å²) in [5, 5.41) is 5.34. The van der Waals surface area contributed by atoms with E-state index >= 15 is 0 Å². The molecule has 36 heavy (non-hydrogen) atoms. The first-order valence-corrected chi connectivity index (χ1v) is 10.8. The molecule has 3 rings (SSSR count). The van der Waals surface area contributed by atoms with E-state index in [2.05, 4.69) is 20.1 Å². The fourth-order valence-electron chi connectivity index (χ4n) is 3.34. The second-order valence-corrected chi connectivity index (χ2v) is 7.80. The Morgan fingerprint density at radius 1 is 0.694 bits per heavy atom. The molecule has 0 aliphatic carbocycles. The van der Waals surface area contributed by atoms with Gasteiger partial charge < -0.3 is 24.8 Å². The summed E-state index contributed by atoms with van der Waals surface area (Å²) in [6, 6.07) is 9.14. The zero-order valence-corrected chi connectivity index (χ0v) is 18.6. The Bertz CT molecular complexity index is 1030. The lowest BCUT2D eigenvalue weighted by atomic mass is 10.1. The summed E-state index contributed by atoms with van der Waals surface area (Å²) in [5.41, 5.74) is 0.388. The van der Waals surface area contributed by atoms with Crippen LogP contribution in [0.4, 0.5) is 26.3 Å². The average Bonchev–Trinajstić information content (AvgIpc) is 3.53. The van der Waals surface area contributed by atoms with Gasteiger partial charge in [-0.3, -0.25) is 9.59 Å². The van der Waals surface area contributed by atoms with E-state index in [0.29, 0.717) is 32.4 Å². The van der Waals surface area contributed by atoms with Gasteiger partial charge in [0.2, 0.25) is 0 Å². The molecule has 0 radical (unpaired) electrons. The molecule has 13 heteroatoms. The van der Waals surface area contributed by atoms with Crippen molar-refractivity contribution in [2.24, 2.45) is 0 Å². The third kappa shape index (κ3) is 9.29. The van der Waals surface area contributed by atoms with Crippen LogP contribution in [0.15, 0.2) is 48.5 Å². The van der Waals surface area contributed by atoms with Gasteiger partial charge in [-0.15, -0.1) is 26.3 Å². The molecule has 0 saturated carbocycles. The summed E-state index contributed by atoms with van der Waals surface area (Å²) in [7, 11) is 0. The van der Waals surface area contributed by atoms with Crippen molar-refractivity contribution < 1.29 is 50.1 Å². The molecule has 7 nitrogen and oxygen atoms in total. The van der Waals surface area contributed by atoms with E-state index in [1.165, 1.54) is 24.3 Å². The first-order chi connectivity index (χ1) is 16.9. The third-order valence-corrected chi connectivity index (χ3v) is 5.05. The maximum Gasteiger partial charge on any atom is 0.573 e. The number of hydrogen-bond donors (Lipinski definition) is 2. The van der Waals surface area contributed by atoms with Crippen LogP contribution in [0.3, 0.4) is 0 Å². The molecule has 1 fully saturated rings. The maximum absolute atomic E-state index is 12.2. The molecule has 196 valence electrons. The van der Waals surface area contributed by atoms with Gasteiger partial charge in [-0.25, -0.2) is 0 Å². The number of nitrogens with one attached hydrogen (secondary N) is 2. The van der Waals surface area contributed by atoms with Gasteiger partial charge in [0.05, 0.1) is 12.2 Å². The predicted octanol–water partition coefficient (Wildman–Crippen LogP) is 4.58. The number of hydrogen-bond acceptors (Lipinski definition) is 5. The second kappa shape index (κ2) is 11.5. The highest BCUT2D eigenvalue weighted by Crippen LogP contribution is 2.29. The summed E-state index contributed by atoms with van der Waals surface area (Å²) < 4.78 is 86.1. The van der Waals surface area contributed by atoms with Gasteiger partial charge in [-0.05, 0) is 67.8 Å². The Hall–Kier alpha value is -3.48. The summed E-state index contributed by atoms with van der Waals surface area (Å²) >= 11 is 0. The SMILES string of the molecule is O=C(NCCCC1OC1CCNC(=O)c1ccc(OC(F)(F)F)cc1)c1ccc(OC(F)(F)F)cc1. The fourth-order valence-corrected chi connectivity index (χ4v) is 3.34.